The van der Waals surface area contributed by atoms with Gasteiger partial charge in [0.2, 0.25) is 0 Å². The van der Waals surface area contributed by atoms with Crippen LogP contribution in [-0.4, -0.2) is 38.0 Å². The van der Waals surface area contributed by atoms with E-state index >= 15 is 0 Å². The van der Waals surface area contributed by atoms with Crippen molar-refractivity contribution < 1.29 is 0 Å². The molecule has 1 aliphatic rings. The molecule has 0 saturated carbocycles. The van der Waals surface area contributed by atoms with Crippen molar-refractivity contribution in [3.63, 3.8) is 0 Å². The van der Waals surface area contributed by atoms with Gasteiger partial charge in [0.15, 0.2) is 5.82 Å². The molecular weight excluding hydrogens is 290 g/mol. The van der Waals surface area contributed by atoms with Crippen molar-refractivity contribution in [2.45, 2.75) is 31.3 Å². The van der Waals surface area contributed by atoms with Crippen LogP contribution in [0.15, 0.2) is 36.9 Å². The number of nitrogens with two attached hydrogens (primary N) is 1. The van der Waals surface area contributed by atoms with Gasteiger partial charge in [-0.1, -0.05) is 0 Å². The second kappa shape index (κ2) is 5.27. The smallest absolute Gasteiger partial charge is 0.161 e. The molecule has 0 spiro atoms. The van der Waals surface area contributed by atoms with Gasteiger partial charge in [-0.25, -0.2) is 0 Å². The summed E-state index contributed by atoms with van der Waals surface area (Å²) in [5.41, 5.74) is 7.00. The van der Waals surface area contributed by atoms with E-state index in [1.807, 2.05) is 18.3 Å². The van der Waals surface area contributed by atoms with Crippen LogP contribution in [0.5, 0.6) is 0 Å². The SMILES string of the molecule is CC1(c2ccn[nH]2)CC(N)CCN1c1nncc2ccncc12. The molecule has 3 aromatic rings. The lowest BCUT2D eigenvalue weighted by molar-refractivity contribution is 0.301. The number of pyridine rings is 1. The lowest BCUT2D eigenvalue weighted by atomic mass is 9.83. The fourth-order valence-corrected chi connectivity index (χ4v) is 3.52. The maximum Gasteiger partial charge on any atom is 0.161 e. The van der Waals surface area contributed by atoms with E-state index in [2.05, 4.69) is 37.2 Å². The van der Waals surface area contributed by atoms with Crippen molar-refractivity contribution in [3.8, 4) is 0 Å². The summed E-state index contributed by atoms with van der Waals surface area (Å²) in [6.07, 6.45) is 8.91. The first-order valence-electron chi connectivity index (χ1n) is 7.77. The summed E-state index contributed by atoms with van der Waals surface area (Å²) in [5.74, 6) is 0.847. The molecule has 118 valence electrons. The van der Waals surface area contributed by atoms with E-state index in [1.54, 1.807) is 18.6 Å². The van der Waals surface area contributed by atoms with Gasteiger partial charge in [-0.05, 0) is 31.9 Å². The summed E-state index contributed by atoms with van der Waals surface area (Å²) >= 11 is 0. The van der Waals surface area contributed by atoms with E-state index in [4.69, 9.17) is 5.73 Å². The summed E-state index contributed by atoms with van der Waals surface area (Å²) in [6.45, 7) is 3.00. The van der Waals surface area contributed by atoms with Gasteiger partial charge in [0.1, 0.15) is 0 Å². The molecular formula is C16H19N7. The Kier molecular flexibility index (Phi) is 3.23. The highest BCUT2D eigenvalue weighted by Crippen LogP contribution is 2.40. The van der Waals surface area contributed by atoms with E-state index in [-0.39, 0.29) is 11.6 Å². The number of hydrogen-bond donors (Lipinski definition) is 2. The standard InChI is InChI=1S/C16H19N7/c1-16(14-3-6-19-21-14)8-12(17)4-7-23(16)15-13-10-18-5-2-11(13)9-20-22-15/h2-3,5-6,9-10,12H,4,7-8,17H2,1H3,(H,19,21). The first kappa shape index (κ1) is 14.1. The van der Waals surface area contributed by atoms with Crippen LogP contribution in [0.25, 0.3) is 10.8 Å². The number of fused-ring (bicyclic) bond motifs is 1. The molecule has 3 N–H and O–H groups in total. The predicted octanol–water partition coefficient (Wildman–Crippen LogP) is 1.59. The number of hydrogen-bond acceptors (Lipinski definition) is 6. The molecule has 1 fully saturated rings. The van der Waals surface area contributed by atoms with Gasteiger partial charge in [-0.2, -0.15) is 10.2 Å². The second-order valence-corrected chi connectivity index (χ2v) is 6.28. The van der Waals surface area contributed by atoms with Crippen molar-refractivity contribution >= 4 is 16.6 Å². The molecule has 7 nitrogen and oxygen atoms in total. The maximum atomic E-state index is 6.26. The summed E-state index contributed by atoms with van der Waals surface area (Å²) in [5, 5.41) is 17.9. The second-order valence-electron chi connectivity index (χ2n) is 6.28. The normalized spacial score (nSPS) is 25.0. The maximum absolute atomic E-state index is 6.26. The Morgan fingerprint density at radius 2 is 2.22 bits per heavy atom. The molecule has 2 unspecified atom stereocenters. The molecule has 4 heterocycles. The quantitative estimate of drug-likeness (QED) is 0.746. The van der Waals surface area contributed by atoms with Gasteiger partial charge in [0.25, 0.3) is 0 Å². The molecule has 7 heteroatoms. The first-order chi connectivity index (χ1) is 11.2. The highest BCUT2D eigenvalue weighted by atomic mass is 15.3. The zero-order valence-electron chi connectivity index (χ0n) is 13.0. The fraction of sp³-hybridized carbons (Fsp3) is 0.375. The Labute approximate surface area is 133 Å². The molecule has 0 aromatic carbocycles. The number of piperidine rings is 1. The lowest BCUT2D eigenvalue weighted by Gasteiger charge is -2.47. The average Bonchev–Trinajstić information content (AvgIpc) is 3.10. The molecule has 0 radical (unpaired) electrons. The first-order valence-corrected chi connectivity index (χ1v) is 7.77. The van der Waals surface area contributed by atoms with Gasteiger partial charge in [0, 0.05) is 41.9 Å². The third-order valence-electron chi connectivity index (χ3n) is 4.76. The molecule has 0 amide bonds. The van der Waals surface area contributed by atoms with Gasteiger partial charge >= 0.3 is 0 Å². The number of H-pyrrole nitrogens is 1. The molecule has 1 aliphatic heterocycles. The Morgan fingerprint density at radius 1 is 1.30 bits per heavy atom. The van der Waals surface area contributed by atoms with Gasteiger partial charge in [-0.3, -0.25) is 10.1 Å². The summed E-state index contributed by atoms with van der Waals surface area (Å²) in [7, 11) is 0. The zero-order valence-corrected chi connectivity index (χ0v) is 13.0. The zero-order chi connectivity index (χ0) is 15.9. The van der Waals surface area contributed by atoms with Crippen molar-refractivity contribution in [2.24, 2.45) is 5.73 Å². The molecule has 2 atom stereocenters. The van der Waals surface area contributed by atoms with E-state index in [1.165, 1.54) is 0 Å². The van der Waals surface area contributed by atoms with E-state index in [9.17, 15) is 0 Å². The number of nitrogens with zero attached hydrogens (tertiary/aromatic N) is 5. The number of aromatic amines is 1. The Hall–Kier alpha value is -2.54. The van der Waals surface area contributed by atoms with Crippen molar-refractivity contribution in [2.75, 3.05) is 11.4 Å². The number of anilines is 1. The summed E-state index contributed by atoms with van der Waals surface area (Å²) in [6, 6.07) is 4.11. The van der Waals surface area contributed by atoms with Crippen LogP contribution in [0.2, 0.25) is 0 Å². The highest BCUT2D eigenvalue weighted by molar-refractivity contribution is 5.90. The summed E-state index contributed by atoms with van der Waals surface area (Å²) < 4.78 is 0. The van der Waals surface area contributed by atoms with Crippen LogP contribution in [0.3, 0.4) is 0 Å². The molecule has 0 bridgehead atoms. The molecule has 3 aromatic heterocycles. The van der Waals surface area contributed by atoms with Gasteiger partial charge < -0.3 is 10.6 Å². The van der Waals surface area contributed by atoms with Gasteiger partial charge in [0.05, 0.1) is 17.4 Å². The van der Waals surface area contributed by atoms with Crippen LogP contribution in [0.4, 0.5) is 5.82 Å². The van der Waals surface area contributed by atoms with Crippen LogP contribution in [0, 0.1) is 0 Å². The fourth-order valence-electron chi connectivity index (χ4n) is 3.52. The lowest BCUT2D eigenvalue weighted by Crippen LogP contribution is -2.54. The monoisotopic (exact) mass is 309 g/mol. The Bertz CT molecular complexity index is 811. The van der Waals surface area contributed by atoms with Crippen LogP contribution in [-0.2, 0) is 5.54 Å². The molecule has 4 rings (SSSR count). The molecule has 23 heavy (non-hydrogen) atoms. The largest absolute Gasteiger partial charge is 0.343 e. The highest BCUT2D eigenvalue weighted by Gasteiger charge is 2.41. The molecule has 0 aliphatic carbocycles. The number of aromatic nitrogens is 5. The van der Waals surface area contributed by atoms with Crippen LogP contribution in [0.1, 0.15) is 25.5 Å². The Balaban J connectivity index is 1.88. The predicted molar refractivity (Wildman–Crippen MR) is 87.8 cm³/mol. The van der Waals surface area contributed by atoms with Crippen molar-refractivity contribution in [1.82, 2.24) is 25.4 Å². The minimum Gasteiger partial charge on any atom is -0.343 e. The third kappa shape index (κ3) is 2.24. The van der Waals surface area contributed by atoms with E-state index in [0.29, 0.717) is 0 Å². The topological polar surface area (TPSA) is 96.6 Å². The minimum absolute atomic E-state index is 0.153. The van der Waals surface area contributed by atoms with E-state index in [0.717, 1.165) is 41.7 Å². The third-order valence-corrected chi connectivity index (χ3v) is 4.76. The Morgan fingerprint density at radius 3 is 3.04 bits per heavy atom. The van der Waals surface area contributed by atoms with Crippen LogP contribution >= 0.6 is 0 Å². The minimum atomic E-state index is -0.299. The van der Waals surface area contributed by atoms with Gasteiger partial charge in [-0.15, -0.1) is 5.10 Å². The van der Waals surface area contributed by atoms with Crippen molar-refractivity contribution in [3.05, 3.63) is 42.6 Å². The van der Waals surface area contributed by atoms with Crippen molar-refractivity contribution in [1.29, 1.82) is 0 Å². The number of rotatable bonds is 2. The number of nitrogens with one attached hydrogen (secondary N) is 1. The molecule has 1 saturated heterocycles. The van der Waals surface area contributed by atoms with E-state index < -0.39 is 0 Å². The average molecular weight is 309 g/mol. The van der Waals surface area contributed by atoms with Crippen LogP contribution < -0.4 is 10.6 Å². The summed E-state index contributed by atoms with van der Waals surface area (Å²) in [4.78, 5) is 6.53.